The van der Waals surface area contributed by atoms with Crippen LogP contribution in [0.4, 0.5) is 5.13 Å². The van der Waals surface area contributed by atoms with Crippen LogP contribution in [0.25, 0.3) is 6.08 Å². The van der Waals surface area contributed by atoms with Gasteiger partial charge in [0.05, 0.1) is 0 Å². The number of carboxylic acids is 1. The van der Waals surface area contributed by atoms with Crippen LogP contribution in [0.1, 0.15) is 17.0 Å². The zero-order chi connectivity index (χ0) is 27.9. The highest BCUT2D eigenvalue weighted by Gasteiger charge is 2.54. The molecule has 0 bridgehead atoms. The predicted molar refractivity (Wildman–Crippen MR) is 150 cm³/mol. The van der Waals surface area contributed by atoms with E-state index in [4.69, 9.17) is 4.84 Å². The monoisotopic (exact) mass is 586 g/mol. The van der Waals surface area contributed by atoms with Crippen molar-refractivity contribution in [3.63, 3.8) is 0 Å². The van der Waals surface area contributed by atoms with E-state index < -0.39 is 29.2 Å². The minimum absolute atomic E-state index is 0.0249. The first-order chi connectivity index (χ1) is 18.8. The maximum Gasteiger partial charge on any atom is 0.353 e. The molecular formula is C24H22N6O6S3. The average Bonchev–Trinajstić information content (AvgIpc) is 3.38. The number of fused-ring (bicyclic) bond motifs is 1. The van der Waals surface area contributed by atoms with Crippen LogP contribution in [0, 0.1) is 6.92 Å². The number of rotatable bonds is 12. The van der Waals surface area contributed by atoms with E-state index in [1.165, 1.54) is 39.9 Å². The van der Waals surface area contributed by atoms with Crippen LogP contribution < -0.4 is 10.6 Å². The molecule has 1 unspecified atom stereocenters. The van der Waals surface area contributed by atoms with Gasteiger partial charge in [0, 0.05) is 27.9 Å². The Labute approximate surface area is 235 Å². The van der Waals surface area contributed by atoms with Crippen molar-refractivity contribution in [2.24, 2.45) is 5.16 Å². The molecule has 3 N–H and O–H groups in total. The summed E-state index contributed by atoms with van der Waals surface area (Å²) in [6, 6.07) is 2.79. The van der Waals surface area contributed by atoms with E-state index in [2.05, 4.69) is 32.3 Å². The number of nitrogens with one attached hydrogen (secondary N) is 2. The molecular weight excluding hydrogens is 565 g/mol. The number of aliphatic carboxylic acids is 1. The summed E-state index contributed by atoms with van der Waals surface area (Å²) in [5, 5.41) is 21.6. The number of carbonyl (C=O) groups is 4. The summed E-state index contributed by atoms with van der Waals surface area (Å²) in [6.07, 6.45) is 5.41. The zero-order valence-electron chi connectivity index (χ0n) is 20.4. The Bertz CT molecular complexity index is 1390. The molecule has 4 rings (SSSR count). The number of amides is 3. The van der Waals surface area contributed by atoms with E-state index in [-0.39, 0.29) is 28.8 Å². The third-order valence-corrected chi connectivity index (χ3v) is 8.45. The highest BCUT2D eigenvalue weighted by molar-refractivity contribution is 8.08. The number of hydrogen-bond acceptors (Lipinski definition) is 11. The van der Waals surface area contributed by atoms with E-state index in [1.807, 2.05) is 25.1 Å². The minimum Gasteiger partial charge on any atom is -0.477 e. The standard InChI is InChI=1S/C24H22N6O6S3/c1-3-7-36-29-17(15-10-39-24(27-15)26-12-31)20(32)28-18-21(33)30-19(23(34)35)16(11-38-22(18)30)37-8-6-14-5-4-13(2)25-9-14/h3-6,8-10,12,18,22H,1,7,11H2,2H3,(H,28,32)(H,34,35)(H,26,27,31)/t18?,22-/m0/s1. The summed E-state index contributed by atoms with van der Waals surface area (Å²) in [4.78, 5) is 64.1. The highest BCUT2D eigenvalue weighted by atomic mass is 32.2. The molecule has 1 saturated heterocycles. The summed E-state index contributed by atoms with van der Waals surface area (Å²) in [5.41, 5.74) is 1.56. The largest absolute Gasteiger partial charge is 0.477 e. The van der Waals surface area contributed by atoms with Gasteiger partial charge in [-0.15, -0.1) is 23.1 Å². The number of β-lactam (4-membered cyclic amide) rings is 1. The van der Waals surface area contributed by atoms with Gasteiger partial charge >= 0.3 is 5.97 Å². The van der Waals surface area contributed by atoms with Gasteiger partial charge in [-0.25, -0.2) is 9.78 Å². The number of thiazole rings is 1. The normalized spacial score (nSPS) is 18.8. The van der Waals surface area contributed by atoms with Crippen LogP contribution in [0.5, 0.6) is 0 Å². The number of aryl methyl sites for hydroxylation is 1. The van der Waals surface area contributed by atoms with Gasteiger partial charge in [-0.2, -0.15) is 0 Å². The van der Waals surface area contributed by atoms with E-state index in [0.717, 1.165) is 22.6 Å². The van der Waals surface area contributed by atoms with Crippen LogP contribution in [0.3, 0.4) is 0 Å². The quantitative estimate of drug-likeness (QED) is 0.0840. The molecule has 12 nitrogen and oxygen atoms in total. The molecule has 2 aromatic heterocycles. The number of oxime groups is 1. The Balaban J connectivity index is 1.48. The van der Waals surface area contributed by atoms with Crippen molar-refractivity contribution in [2.45, 2.75) is 18.3 Å². The van der Waals surface area contributed by atoms with Crippen LogP contribution in [-0.2, 0) is 24.0 Å². The number of anilines is 1. The lowest BCUT2D eigenvalue weighted by molar-refractivity contribution is -0.150. The number of carboxylic acid groups (broad SMARTS) is 1. The Morgan fingerprint density at radius 3 is 2.92 bits per heavy atom. The molecule has 39 heavy (non-hydrogen) atoms. The third kappa shape index (κ3) is 6.38. The Kier molecular flexibility index (Phi) is 9.16. The second-order valence-corrected chi connectivity index (χ2v) is 10.9. The van der Waals surface area contributed by atoms with Gasteiger partial charge in [0.25, 0.3) is 11.8 Å². The van der Waals surface area contributed by atoms with Crippen molar-refractivity contribution in [3.8, 4) is 0 Å². The van der Waals surface area contributed by atoms with Crippen molar-refractivity contribution in [3.05, 3.63) is 69.3 Å². The highest BCUT2D eigenvalue weighted by Crippen LogP contribution is 2.43. The Morgan fingerprint density at radius 1 is 1.41 bits per heavy atom. The summed E-state index contributed by atoms with van der Waals surface area (Å²) in [6.45, 7) is 5.43. The van der Waals surface area contributed by atoms with Crippen molar-refractivity contribution < 1.29 is 29.1 Å². The molecule has 2 atom stereocenters. The molecule has 2 aliphatic heterocycles. The molecule has 2 aliphatic rings. The molecule has 202 valence electrons. The lowest BCUT2D eigenvalue weighted by Crippen LogP contribution is -2.71. The second-order valence-electron chi connectivity index (χ2n) is 7.92. The zero-order valence-corrected chi connectivity index (χ0v) is 22.8. The first-order valence-corrected chi connectivity index (χ1v) is 14.1. The summed E-state index contributed by atoms with van der Waals surface area (Å²) < 4.78 is 0. The van der Waals surface area contributed by atoms with Gasteiger partial charge in [0.2, 0.25) is 6.41 Å². The molecule has 0 aromatic carbocycles. The SMILES string of the molecule is C=CCON=C(C(=O)NC1C(=O)N2C(C(=O)O)=C(SC=Cc3ccc(C)nc3)CS[C@@H]12)c1csc(NC=O)n1. The third-order valence-electron chi connectivity index (χ3n) is 5.32. The van der Waals surface area contributed by atoms with Gasteiger partial charge in [-0.3, -0.25) is 24.3 Å². The van der Waals surface area contributed by atoms with Crippen LogP contribution >= 0.6 is 34.9 Å². The molecule has 0 spiro atoms. The molecule has 1 fully saturated rings. The number of carbonyl (C=O) groups excluding carboxylic acids is 3. The van der Waals surface area contributed by atoms with E-state index in [0.29, 0.717) is 17.1 Å². The van der Waals surface area contributed by atoms with Crippen LogP contribution in [-0.4, -0.2) is 73.7 Å². The van der Waals surface area contributed by atoms with Crippen LogP contribution in [0.15, 0.2) is 57.5 Å². The first-order valence-electron chi connectivity index (χ1n) is 11.3. The predicted octanol–water partition coefficient (Wildman–Crippen LogP) is 2.42. The molecule has 0 radical (unpaired) electrons. The summed E-state index contributed by atoms with van der Waals surface area (Å²) in [5.74, 6) is -2.20. The fourth-order valence-electron chi connectivity index (χ4n) is 3.52. The number of pyridine rings is 1. The van der Waals surface area contributed by atoms with Crippen molar-refractivity contribution in [2.75, 3.05) is 17.7 Å². The lowest BCUT2D eigenvalue weighted by atomic mass is 10.0. The van der Waals surface area contributed by atoms with Crippen LogP contribution in [0.2, 0.25) is 0 Å². The van der Waals surface area contributed by atoms with Crippen molar-refractivity contribution in [1.29, 1.82) is 0 Å². The maximum atomic E-state index is 13.1. The van der Waals surface area contributed by atoms with Gasteiger partial charge in [-0.1, -0.05) is 35.6 Å². The summed E-state index contributed by atoms with van der Waals surface area (Å²) in [7, 11) is 0. The molecule has 15 heteroatoms. The molecule has 3 amide bonds. The summed E-state index contributed by atoms with van der Waals surface area (Å²) >= 11 is 3.63. The van der Waals surface area contributed by atoms with Gasteiger partial charge in [-0.05, 0) is 30.0 Å². The van der Waals surface area contributed by atoms with E-state index >= 15 is 0 Å². The Hall–Kier alpha value is -3.95. The van der Waals surface area contributed by atoms with Gasteiger partial charge < -0.3 is 20.6 Å². The average molecular weight is 587 g/mol. The second kappa shape index (κ2) is 12.7. The number of aromatic nitrogens is 2. The molecule has 2 aromatic rings. The lowest BCUT2D eigenvalue weighted by Gasteiger charge is -2.49. The smallest absolute Gasteiger partial charge is 0.353 e. The fourth-order valence-corrected chi connectivity index (χ4v) is 6.53. The Morgan fingerprint density at radius 2 is 2.23 bits per heavy atom. The number of hydrogen-bond donors (Lipinski definition) is 3. The van der Waals surface area contributed by atoms with Gasteiger partial charge in [0.15, 0.2) is 10.8 Å². The molecule has 0 saturated carbocycles. The molecule has 4 heterocycles. The number of nitrogens with zero attached hydrogens (tertiary/aromatic N) is 4. The van der Waals surface area contributed by atoms with E-state index in [9.17, 15) is 24.3 Å². The first kappa shape index (κ1) is 28.1. The van der Waals surface area contributed by atoms with Crippen molar-refractivity contribution >= 4 is 76.0 Å². The maximum absolute atomic E-state index is 13.1. The topological polar surface area (TPSA) is 163 Å². The van der Waals surface area contributed by atoms with Gasteiger partial charge in [0.1, 0.15) is 29.4 Å². The van der Waals surface area contributed by atoms with Crippen molar-refractivity contribution in [1.82, 2.24) is 20.2 Å². The molecule has 0 aliphatic carbocycles. The minimum atomic E-state index is -1.23. The van der Waals surface area contributed by atoms with E-state index in [1.54, 1.807) is 11.6 Å². The fraction of sp³-hybridized carbons (Fsp3) is 0.208. The number of thioether (sulfide) groups is 2.